The summed E-state index contributed by atoms with van der Waals surface area (Å²) in [6, 6.07) is 3.53. The number of piperazine rings is 1. The molecule has 1 amide bonds. The Morgan fingerprint density at radius 2 is 2.00 bits per heavy atom. The SMILES string of the molecule is CCOC(=O)c1ccc(N2CCN(CC(N)=O)CC2)nc1. The summed E-state index contributed by atoms with van der Waals surface area (Å²) in [7, 11) is 0. The fraction of sp³-hybridized carbons (Fsp3) is 0.500. The zero-order valence-electron chi connectivity index (χ0n) is 12.1. The van der Waals surface area contributed by atoms with Gasteiger partial charge in [0.1, 0.15) is 5.82 Å². The molecule has 0 saturated carbocycles. The van der Waals surface area contributed by atoms with Crippen LogP contribution in [0.1, 0.15) is 17.3 Å². The minimum atomic E-state index is -0.358. The van der Waals surface area contributed by atoms with Gasteiger partial charge in [0, 0.05) is 32.4 Å². The van der Waals surface area contributed by atoms with Gasteiger partial charge in [0.25, 0.3) is 0 Å². The minimum absolute atomic E-state index is 0.295. The van der Waals surface area contributed by atoms with E-state index in [0.717, 1.165) is 32.0 Å². The smallest absolute Gasteiger partial charge is 0.339 e. The number of ether oxygens (including phenoxy) is 1. The van der Waals surface area contributed by atoms with Crippen LogP contribution in [0.2, 0.25) is 0 Å². The van der Waals surface area contributed by atoms with Gasteiger partial charge in [0.2, 0.25) is 5.91 Å². The van der Waals surface area contributed by atoms with Crippen LogP contribution in [-0.4, -0.2) is 61.1 Å². The Hall–Kier alpha value is -2.15. The average molecular weight is 292 g/mol. The lowest BCUT2D eigenvalue weighted by Gasteiger charge is -2.34. The molecule has 0 aliphatic carbocycles. The number of anilines is 1. The van der Waals surface area contributed by atoms with Gasteiger partial charge in [-0.3, -0.25) is 9.69 Å². The number of aromatic nitrogens is 1. The van der Waals surface area contributed by atoms with Gasteiger partial charge in [-0.25, -0.2) is 9.78 Å². The molecular formula is C14H20N4O3. The van der Waals surface area contributed by atoms with Crippen LogP contribution in [0, 0.1) is 0 Å². The van der Waals surface area contributed by atoms with Gasteiger partial charge in [-0.2, -0.15) is 0 Å². The van der Waals surface area contributed by atoms with Gasteiger partial charge in [0.15, 0.2) is 0 Å². The fourth-order valence-electron chi connectivity index (χ4n) is 2.26. The first kappa shape index (κ1) is 15.2. The van der Waals surface area contributed by atoms with E-state index in [4.69, 9.17) is 10.5 Å². The van der Waals surface area contributed by atoms with E-state index < -0.39 is 0 Å². The third-order valence-corrected chi connectivity index (χ3v) is 3.33. The molecule has 1 aliphatic rings. The van der Waals surface area contributed by atoms with E-state index in [0.29, 0.717) is 18.7 Å². The molecule has 1 aromatic rings. The van der Waals surface area contributed by atoms with Crippen LogP contribution < -0.4 is 10.6 Å². The molecule has 7 heteroatoms. The van der Waals surface area contributed by atoms with Crippen LogP contribution in [0.15, 0.2) is 18.3 Å². The zero-order valence-corrected chi connectivity index (χ0v) is 12.1. The maximum atomic E-state index is 11.6. The number of rotatable bonds is 5. The molecule has 1 fully saturated rings. The highest BCUT2D eigenvalue weighted by molar-refractivity contribution is 5.89. The summed E-state index contributed by atoms with van der Waals surface area (Å²) in [4.78, 5) is 30.9. The summed E-state index contributed by atoms with van der Waals surface area (Å²) >= 11 is 0. The van der Waals surface area contributed by atoms with Crippen LogP contribution in [0.25, 0.3) is 0 Å². The molecule has 2 rings (SSSR count). The third kappa shape index (κ3) is 4.16. The summed E-state index contributed by atoms with van der Waals surface area (Å²) in [5.41, 5.74) is 5.64. The molecular weight excluding hydrogens is 272 g/mol. The monoisotopic (exact) mass is 292 g/mol. The second-order valence-electron chi connectivity index (χ2n) is 4.86. The van der Waals surface area contributed by atoms with E-state index in [1.165, 1.54) is 6.20 Å². The molecule has 0 atom stereocenters. The lowest BCUT2D eigenvalue weighted by molar-refractivity contribution is -0.119. The summed E-state index contributed by atoms with van der Waals surface area (Å²) in [5, 5.41) is 0. The number of primary amides is 1. The lowest BCUT2D eigenvalue weighted by Crippen LogP contribution is -2.49. The highest BCUT2D eigenvalue weighted by Gasteiger charge is 2.19. The van der Waals surface area contributed by atoms with Gasteiger partial charge in [-0.15, -0.1) is 0 Å². The normalized spacial score (nSPS) is 15.8. The Morgan fingerprint density at radius 1 is 1.29 bits per heavy atom. The predicted molar refractivity (Wildman–Crippen MR) is 78.0 cm³/mol. The maximum absolute atomic E-state index is 11.6. The molecule has 2 N–H and O–H groups in total. The number of carbonyl (C=O) groups excluding carboxylic acids is 2. The molecule has 1 saturated heterocycles. The van der Waals surface area contributed by atoms with Crippen LogP contribution in [0.5, 0.6) is 0 Å². The van der Waals surface area contributed by atoms with Crippen molar-refractivity contribution in [2.24, 2.45) is 5.73 Å². The van der Waals surface area contributed by atoms with Crippen LogP contribution in [0.3, 0.4) is 0 Å². The molecule has 114 valence electrons. The number of nitrogens with zero attached hydrogens (tertiary/aromatic N) is 3. The minimum Gasteiger partial charge on any atom is -0.462 e. The second kappa shape index (κ2) is 7.03. The summed E-state index contributed by atoms with van der Waals surface area (Å²) in [5.74, 6) is 0.157. The topological polar surface area (TPSA) is 88.8 Å². The molecule has 1 aliphatic heterocycles. The molecule has 0 unspecified atom stereocenters. The highest BCUT2D eigenvalue weighted by atomic mass is 16.5. The van der Waals surface area contributed by atoms with Crippen molar-refractivity contribution in [2.75, 3.05) is 44.2 Å². The van der Waals surface area contributed by atoms with Gasteiger partial charge in [0.05, 0.1) is 18.7 Å². The van der Waals surface area contributed by atoms with Crippen molar-refractivity contribution in [3.8, 4) is 0 Å². The molecule has 0 bridgehead atoms. The predicted octanol–water partition coefficient (Wildman–Crippen LogP) is -0.134. The van der Waals surface area contributed by atoms with Crippen LogP contribution in [0.4, 0.5) is 5.82 Å². The van der Waals surface area contributed by atoms with E-state index in [9.17, 15) is 9.59 Å². The van der Waals surface area contributed by atoms with E-state index in [1.807, 2.05) is 11.0 Å². The van der Waals surface area contributed by atoms with E-state index in [1.54, 1.807) is 13.0 Å². The van der Waals surface area contributed by atoms with Crippen molar-refractivity contribution >= 4 is 17.7 Å². The second-order valence-corrected chi connectivity index (χ2v) is 4.86. The van der Waals surface area contributed by atoms with E-state index in [2.05, 4.69) is 9.88 Å². The molecule has 2 heterocycles. The zero-order chi connectivity index (χ0) is 15.2. The number of carbonyl (C=O) groups is 2. The first-order chi connectivity index (χ1) is 10.1. The van der Waals surface area contributed by atoms with E-state index in [-0.39, 0.29) is 11.9 Å². The molecule has 1 aromatic heterocycles. The van der Waals surface area contributed by atoms with Gasteiger partial charge >= 0.3 is 5.97 Å². The quantitative estimate of drug-likeness (QED) is 0.760. The Morgan fingerprint density at radius 3 is 2.52 bits per heavy atom. The molecule has 0 radical (unpaired) electrons. The van der Waals surface area contributed by atoms with Crippen molar-refractivity contribution in [1.82, 2.24) is 9.88 Å². The van der Waals surface area contributed by atoms with Crippen molar-refractivity contribution < 1.29 is 14.3 Å². The Labute approximate surface area is 123 Å². The first-order valence-electron chi connectivity index (χ1n) is 6.99. The molecule has 0 spiro atoms. The first-order valence-corrected chi connectivity index (χ1v) is 6.99. The Kier molecular flexibility index (Phi) is 5.10. The largest absolute Gasteiger partial charge is 0.462 e. The number of pyridine rings is 1. The van der Waals surface area contributed by atoms with Gasteiger partial charge < -0.3 is 15.4 Å². The van der Waals surface area contributed by atoms with E-state index >= 15 is 0 Å². The Balaban J connectivity index is 1.92. The average Bonchev–Trinajstić information content (AvgIpc) is 2.48. The fourth-order valence-corrected chi connectivity index (χ4v) is 2.26. The van der Waals surface area contributed by atoms with Crippen LogP contribution >= 0.6 is 0 Å². The number of nitrogens with two attached hydrogens (primary N) is 1. The third-order valence-electron chi connectivity index (χ3n) is 3.33. The number of hydrogen-bond acceptors (Lipinski definition) is 6. The lowest BCUT2D eigenvalue weighted by atomic mass is 10.2. The Bertz CT molecular complexity index is 495. The highest BCUT2D eigenvalue weighted by Crippen LogP contribution is 2.14. The number of amides is 1. The maximum Gasteiger partial charge on any atom is 0.339 e. The number of esters is 1. The summed E-state index contributed by atoms with van der Waals surface area (Å²) < 4.78 is 4.92. The summed E-state index contributed by atoms with van der Waals surface area (Å²) in [6.45, 7) is 5.50. The summed E-state index contributed by atoms with van der Waals surface area (Å²) in [6.07, 6.45) is 1.53. The van der Waals surface area contributed by atoms with Crippen molar-refractivity contribution in [3.05, 3.63) is 23.9 Å². The molecule has 21 heavy (non-hydrogen) atoms. The number of hydrogen-bond donors (Lipinski definition) is 1. The standard InChI is InChI=1S/C14H20N4O3/c1-2-21-14(20)11-3-4-13(16-9-11)18-7-5-17(6-8-18)10-12(15)19/h3-4,9H,2,5-8,10H2,1H3,(H2,15,19). The molecule has 0 aromatic carbocycles. The van der Waals surface area contributed by atoms with Gasteiger partial charge in [-0.05, 0) is 19.1 Å². The van der Waals surface area contributed by atoms with Crippen molar-refractivity contribution in [1.29, 1.82) is 0 Å². The van der Waals surface area contributed by atoms with Gasteiger partial charge in [-0.1, -0.05) is 0 Å². The van der Waals surface area contributed by atoms with Crippen molar-refractivity contribution in [3.63, 3.8) is 0 Å². The van der Waals surface area contributed by atoms with Crippen LogP contribution in [-0.2, 0) is 9.53 Å². The van der Waals surface area contributed by atoms with Crippen molar-refractivity contribution in [2.45, 2.75) is 6.92 Å². The molecule has 7 nitrogen and oxygen atoms in total.